The highest BCUT2D eigenvalue weighted by atomic mass is 16.7. The number of hydrogen-bond acceptors (Lipinski definition) is 8. The topological polar surface area (TPSA) is 109 Å². The van der Waals surface area contributed by atoms with Gasteiger partial charge in [0.2, 0.25) is 6.79 Å². The fraction of sp³-hybridized carbons (Fsp3) is 0.250. The maximum atomic E-state index is 12.4. The Morgan fingerprint density at radius 3 is 2.57 bits per heavy atom. The van der Waals surface area contributed by atoms with Crippen LogP contribution >= 0.6 is 0 Å². The van der Waals surface area contributed by atoms with E-state index in [1.54, 1.807) is 20.8 Å². The highest BCUT2D eigenvalue weighted by Gasteiger charge is 2.23. The largest absolute Gasteiger partial charge is 0.454 e. The van der Waals surface area contributed by atoms with Crippen molar-refractivity contribution in [3.63, 3.8) is 0 Å². The number of nitrogens with zero attached hydrogens (tertiary/aromatic N) is 2. The molecular formula is C20H18N2O6. The molecule has 0 N–H and O–H groups in total. The Morgan fingerprint density at radius 1 is 1.11 bits per heavy atom. The molecule has 0 aliphatic heterocycles. The number of hydrogen-bond donors (Lipinski definition) is 0. The van der Waals surface area contributed by atoms with Crippen molar-refractivity contribution in [1.82, 2.24) is 9.97 Å². The standard InChI is InChI=1S/C20H18N2O6/c1-20(2,3)19(25)27-11-26-18(24)12-4-5-16-13(8-12)15(23)9-17(28-16)14-10-21-6-7-22-14/h4-10H,11H2,1-3H3. The summed E-state index contributed by atoms with van der Waals surface area (Å²) in [5, 5.41) is 0.216. The van der Waals surface area contributed by atoms with E-state index < -0.39 is 24.1 Å². The lowest BCUT2D eigenvalue weighted by Gasteiger charge is -2.16. The third-order valence-corrected chi connectivity index (χ3v) is 3.77. The van der Waals surface area contributed by atoms with Gasteiger partial charge >= 0.3 is 11.9 Å². The quantitative estimate of drug-likeness (QED) is 0.500. The van der Waals surface area contributed by atoms with E-state index in [4.69, 9.17) is 13.9 Å². The molecule has 0 atom stereocenters. The van der Waals surface area contributed by atoms with Crippen LogP contribution in [0.2, 0.25) is 0 Å². The van der Waals surface area contributed by atoms with Gasteiger partial charge in [0.05, 0.1) is 22.6 Å². The number of fused-ring (bicyclic) bond motifs is 1. The predicted molar refractivity (Wildman–Crippen MR) is 99.3 cm³/mol. The molecule has 8 heteroatoms. The van der Waals surface area contributed by atoms with E-state index in [9.17, 15) is 14.4 Å². The zero-order valence-electron chi connectivity index (χ0n) is 15.6. The van der Waals surface area contributed by atoms with Crippen LogP contribution < -0.4 is 5.43 Å². The van der Waals surface area contributed by atoms with Gasteiger partial charge in [-0.25, -0.2) is 9.78 Å². The normalized spacial score (nSPS) is 11.2. The third kappa shape index (κ3) is 4.22. The minimum atomic E-state index is -0.721. The molecule has 0 aliphatic carbocycles. The molecule has 144 valence electrons. The first-order valence-corrected chi connectivity index (χ1v) is 8.44. The van der Waals surface area contributed by atoms with Crippen LogP contribution in [0.5, 0.6) is 0 Å². The van der Waals surface area contributed by atoms with E-state index in [0.29, 0.717) is 11.3 Å². The Bertz CT molecular complexity index is 1080. The van der Waals surface area contributed by atoms with Crippen molar-refractivity contribution in [2.75, 3.05) is 6.79 Å². The lowest BCUT2D eigenvalue weighted by Crippen LogP contribution is -2.24. The average Bonchev–Trinajstić information content (AvgIpc) is 2.67. The lowest BCUT2D eigenvalue weighted by atomic mass is 9.98. The number of rotatable bonds is 4. The van der Waals surface area contributed by atoms with E-state index in [1.165, 1.54) is 42.9 Å². The van der Waals surface area contributed by atoms with Gasteiger partial charge in [0, 0.05) is 18.5 Å². The fourth-order valence-electron chi connectivity index (χ4n) is 2.27. The Hall–Kier alpha value is -3.55. The Labute approximate surface area is 160 Å². The second-order valence-electron chi connectivity index (χ2n) is 7.01. The van der Waals surface area contributed by atoms with Crippen LogP contribution in [-0.4, -0.2) is 28.7 Å². The lowest BCUT2D eigenvalue weighted by molar-refractivity contribution is -0.161. The third-order valence-electron chi connectivity index (χ3n) is 3.77. The van der Waals surface area contributed by atoms with E-state index in [2.05, 4.69) is 9.97 Å². The van der Waals surface area contributed by atoms with Crippen molar-refractivity contribution in [2.24, 2.45) is 5.41 Å². The summed E-state index contributed by atoms with van der Waals surface area (Å²) in [6, 6.07) is 5.61. The average molecular weight is 382 g/mol. The molecule has 28 heavy (non-hydrogen) atoms. The van der Waals surface area contributed by atoms with E-state index >= 15 is 0 Å². The van der Waals surface area contributed by atoms with Crippen molar-refractivity contribution in [2.45, 2.75) is 20.8 Å². The summed E-state index contributed by atoms with van der Waals surface area (Å²) in [5.74, 6) is -0.938. The van der Waals surface area contributed by atoms with Crippen LogP contribution in [0.25, 0.3) is 22.4 Å². The minimum absolute atomic E-state index is 0.138. The molecule has 0 spiro atoms. The molecule has 1 aromatic carbocycles. The predicted octanol–water partition coefficient (Wildman–Crippen LogP) is 2.95. The summed E-state index contributed by atoms with van der Waals surface area (Å²) in [4.78, 5) is 44.3. The molecule has 0 amide bonds. The van der Waals surface area contributed by atoms with Gasteiger partial charge in [0.25, 0.3) is 0 Å². The highest BCUT2D eigenvalue weighted by molar-refractivity contribution is 5.94. The van der Waals surface area contributed by atoms with Crippen LogP contribution in [0.15, 0.2) is 52.1 Å². The fourth-order valence-corrected chi connectivity index (χ4v) is 2.27. The van der Waals surface area contributed by atoms with Crippen molar-refractivity contribution < 1.29 is 23.5 Å². The Balaban J connectivity index is 1.79. The molecule has 0 unspecified atom stereocenters. The molecule has 8 nitrogen and oxygen atoms in total. The molecule has 0 fully saturated rings. The number of aromatic nitrogens is 2. The Kier molecular flexibility index (Phi) is 5.21. The zero-order valence-corrected chi connectivity index (χ0v) is 15.6. The second-order valence-corrected chi connectivity index (χ2v) is 7.01. The van der Waals surface area contributed by atoms with Gasteiger partial charge in [-0.1, -0.05) is 0 Å². The summed E-state index contributed by atoms with van der Waals surface area (Å²) >= 11 is 0. The first-order chi connectivity index (χ1) is 13.3. The summed E-state index contributed by atoms with van der Waals surface area (Å²) in [5.41, 5.74) is -0.182. The summed E-state index contributed by atoms with van der Waals surface area (Å²) in [6.45, 7) is 4.56. The van der Waals surface area contributed by atoms with Gasteiger partial charge in [-0.2, -0.15) is 0 Å². The van der Waals surface area contributed by atoms with Crippen LogP contribution in [0.3, 0.4) is 0 Å². The van der Waals surface area contributed by atoms with Gasteiger partial charge in [-0.05, 0) is 39.0 Å². The van der Waals surface area contributed by atoms with Crippen LogP contribution in [0.4, 0.5) is 0 Å². The number of esters is 2. The maximum absolute atomic E-state index is 12.4. The second kappa shape index (κ2) is 7.59. The number of carbonyl (C=O) groups is 2. The van der Waals surface area contributed by atoms with E-state index in [0.717, 1.165) is 0 Å². The smallest absolute Gasteiger partial charge is 0.341 e. The van der Waals surface area contributed by atoms with Crippen molar-refractivity contribution >= 4 is 22.9 Å². The summed E-state index contributed by atoms with van der Waals surface area (Å²) < 4.78 is 15.5. The number of ether oxygens (including phenoxy) is 2. The Morgan fingerprint density at radius 2 is 1.89 bits per heavy atom. The monoisotopic (exact) mass is 382 g/mol. The first kappa shape index (κ1) is 19.2. The number of benzene rings is 1. The van der Waals surface area contributed by atoms with E-state index in [1.807, 2.05) is 0 Å². The van der Waals surface area contributed by atoms with Crippen LogP contribution in [0.1, 0.15) is 31.1 Å². The van der Waals surface area contributed by atoms with Crippen molar-refractivity contribution in [1.29, 1.82) is 0 Å². The van der Waals surface area contributed by atoms with Gasteiger partial charge in [-0.3, -0.25) is 14.6 Å². The van der Waals surface area contributed by atoms with Crippen LogP contribution in [0, 0.1) is 5.41 Å². The molecule has 2 aromatic heterocycles. The molecule has 0 bridgehead atoms. The van der Waals surface area contributed by atoms with Crippen LogP contribution in [-0.2, 0) is 14.3 Å². The van der Waals surface area contributed by atoms with Gasteiger partial charge in [-0.15, -0.1) is 0 Å². The number of carbonyl (C=O) groups excluding carboxylic acids is 2. The minimum Gasteiger partial charge on any atom is -0.454 e. The summed E-state index contributed by atoms with van der Waals surface area (Å²) in [6.07, 6.45) is 4.49. The maximum Gasteiger partial charge on any atom is 0.341 e. The summed E-state index contributed by atoms with van der Waals surface area (Å²) in [7, 11) is 0. The van der Waals surface area contributed by atoms with E-state index in [-0.39, 0.29) is 22.1 Å². The van der Waals surface area contributed by atoms with Crippen molar-refractivity contribution in [3.8, 4) is 11.5 Å². The molecule has 0 radical (unpaired) electrons. The van der Waals surface area contributed by atoms with Gasteiger partial charge < -0.3 is 13.9 Å². The highest BCUT2D eigenvalue weighted by Crippen LogP contribution is 2.21. The SMILES string of the molecule is CC(C)(C)C(=O)OCOC(=O)c1ccc2oc(-c3cnccn3)cc(=O)c2c1. The molecule has 3 aromatic rings. The molecule has 0 saturated carbocycles. The molecule has 0 aliphatic rings. The molecular weight excluding hydrogens is 364 g/mol. The van der Waals surface area contributed by atoms with Gasteiger partial charge in [0.1, 0.15) is 11.3 Å². The molecule has 3 rings (SSSR count). The van der Waals surface area contributed by atoms with Crippen molar-refractivity contribution in [3.05, 3.63) is 58.6 Å². The van der Waals surface area contributed by atoms with Gasteiger partial charge in [0.15, 0.2) is 11.2 Å². The molecule has 2 heterocycles. The molecule has 0 saturated heterocycles. The zero-order chi connectivity index (χ0) is 20.3. The first-order valence-electron chi connectivity index (χ1n) is 8.44.